The monoisotopic (exact) mass is 275 g/mol. The summed E-state index contributed by atoms with van der Waals surface area (Å²) in [6, 6.07) is 5.83. The second-order valence-electron chi connectivity index (χ2n) is 4.91. The molecular weight excluding hydrogens is 258 g/mol. The minimum Gasteiger partial charge on any atom is -0.325 e. The molecule has 1 unspecified atom stereocenters. The molecule has 2 N–H and O–H groups in total. The molecule has 1 fully saturated rings. The molecular formula is C14H17N3OS. The van der Waals surface area contributed by atoms with E-state index in [4.69, 9.17) is 0 Å². The summed E-state index contributed by atoms with van der Waals surface area (Å²) in [6.07, 6.45) is 3.21. The van der Waals surface area contributed by atoms with Crippen molar-refractivity contribution in [2.24, 2.45) is 0 Å². The van der Waals surface area contributed by atoms with Gasteiger partial charge in [0.25, 0.3) is 0 Å². The molecule has 0 radical (unpaired) electrons. The molecule has 1 saturated heterocycles. The van der Waals surface area contributed by atoms with Gasteiger partial charge in [0, 0.05) is 5.69 Å². The zero-order valence-electron chi connectivity index (χ0n) is 10.9. The molecule has 4 nitrogen and oxygen atoms in total. The molecule has 1 amide bonds. The molecule has 1 aliphatic heterocycles. The van der Waals surface area contributed by atoms with Crippen LogP contribution < -0.4 is 10.6 Å². The quantitative estimate of drug-likeness (QED) is 0.886. The molecule has 5 heteroatoms. The Morgan fingerprint density at radius 2 is 2.37 bits per heavy atom. The van der Waals surface area contributed by atoms with Crippen molar-refractivity contribution in [2.75, 3.05) is 11.9 Å². The van der Waals surface area contributed by atoms with Crippen molar-refractivity contribution < 1.29 is 4.79 Å². The number of carbonyl (C=O) groups is 1. The number of thiazole rings is 1. The number of aromatic nitrogens is 1. The molecule has 1 aromatic carbocycles. The van der Waals surface area contributed by atoms with Crippen molar-refractivity contribution in [2.45, 2.75) is 32.2 Å². The van der Waals surface area contributed by atoms with Crippen LogP contribution in [0.3, 0.4) is 0 Å². The van der Waals surface area contributed by atoms with Crippen molar-refractivity contribution in [1.29, 1.82) is 0 Å². The summed E-state index contributed by atoms with van der Waals surface area (Å²) in [5, 5.41) is 7.30. The Morgan fingerprint density at radius 3 is 3.16 bits per heavy atom. The average Bonchev–Trinajstić information content (AvgIpc) is 2.79. The average molecular weight is 275 g/mol. The van der Waals surface area contributed by atoms with E-state index in [0.717, 1.165) is 46.7 Å². The predicted molar refractivity (Wildman–Crippen MR) is 78.6 cm³/mol. The maximum absolute atomic E-state index is 12.1. The third kappa shape index (κ3) is 2.77. The van der Waals surface area contributed by atoms with Gasteiger partial charge in [0.15, 0.2) is 0 Å². The number of nitrogens with one attached hydrogen (secondary N) is 2. The summed E-state index contributed by atoms with van der Waals surface area (Å²) in [5.41, 5.74) is 1.85. The van der Waals surface area contributed by atoms with E-state index in [0.29, 0.717) is 0 Å². The molecule has 0 saturated carbocycles. The van der Waals surface area contributed by atoms with Gasteiger partial charge in [0.05, 0.1) is 21.3 Å². The summed E-state index contributed by atoms with van der Waals surface area (Å²) in [5.74, 6) is 0.0697. The van der Waals surface area contributed by atoms with Gasteiger partial charge in [0.1, 0.15) is 0 Å². The van der Waals surface area contributed by atoms with Crippen LogP contribution in [0.5, 0.6) is 0 Å². The van der Waals surface area contributed by atoms with Crippen LogP contribution >= 0.6 is 11.3 Å². The number of rotatable bonds is 2. The van der Waals surface area contributed by atoms with Crippen molar-refractivity contribution in [3.63, 3.8) is 0 Å². The molecule has 0 aliphatic carbocycles. The Kier molecular flexibility index (Phi) is 3.48. The van der Waals surface area contributed by atoms with E-state index in [9.17, 15) is 4.79 Å². The Hall–Kier alpha value is -1.46. The molecule has 0 spiro atoms. The maximum atomic E-state index is 12.1. The fraction of sp³-hybridized carbons (Fsp3) is 0.429. The van der Waals surface area contributed by atoms with Gasteiger partial charge < -0.3 is 10.6 Å². The molecule has 3 rings (SSSR count). The topological polar surface area (TPSA) is 54.0 Å². The fourth-order valence-corrected chi connectivity index (χ4v) is 3.29. The van der Waals surface area contributed by atoms with Gasteiger partial charge in [-0.05, 0) is 44.5 Å². The number of carbonyl (C=O) groups excluding carboxylic acids is 1. The van der Waals surface area contributed by atoms with Crippen molar-refractivity contribution in [3.05, 3.63) is 23.2 Å². The lowest BCUT2D eigenvalue weighted by Gasteiger charge is -2.22. The number of benzene rings is 1. The van der Waals surface area contributed by atoms with E-state index >= 15 is 0 Å². The first-order chi connectivity index (χ1) is 9.22. The summed E-state index contributed by atoms with van der Waals surface area (Å²) in [6.45, 7) is 2.93. The second kappa shape index (κ2) is 5.27. The van der Waals surface area contributed by atoms with Gasteiger partial charge in [-0.2, -0.15) is 0 Å². The second-order valence-corrected chi connectivity index (χ2v) is 6.14. The first-order valence-corrected chi connectivity index (χ1v) is 7.45. The molecule has 100 valence electrons. The van der Waals surface area contributed by atoms with Crippen LogP contribution in [0.4, 0.5) is 5.69 Å². The SMILES string of the molecule is Cc1nc2ccc(NC(=O)C3CCCCN3)cc2s1. The minimum atomic E-state index is -0.0485. The predicted octanol–water partition coefficient (Wildman–Crippen LogP) is 2.69. The standard InChI is InChI=1S/C14H17N3OS/c1-9-16-11-6-5-10(8-13(11)19-9)17-14(18)12-4-2-3-7-15-12/h5-6,8,12,15H,2-4,7H2,1H3,(H,17,18). The molecule has 2 heterocycles. The zero-order valence-corrected chi connectivity index (χ0v) is 11.7. The largest absolute Gasteiger partial charge is 0.325 e. The summed E-state index contributed by atoms with van der Waals surface area (Å²) in [4.78, 5) is 16.5. The van der Waals surface area contributed by atoms with Crippen molar-refractivity contribution >= 4 is 33.1 Å². The highest BCUT2D eigenvalue weighted by Gasteiger charge is 2.20. The van der Waals surface area contributed by atoms with E-state index < -0.39 is 0 Å². The zero-order chi connectivity index (χ0) is 13.2. The Labute approximate surface area is 116 Å². The number of piperidine rings is 1. The Balaban J connectivity index is 1.74. The third-order valence-corrected chi connectivity index (χ3v) is 4.32. The molecule has 1 aromatic heterocycles. The van der Waals surface area contributed by atoms with Gasteiger partial charge >= 0.3 is 0 Å². The Morgan fingerprint density at radius 1 is 1.47 bits per heavy atom. The van der Waals surface area contributed by atoms with Gasteiger partial charge in [-0.25, -0.2) is 4.98 Å². The lowest BCUT2D eigenvalue weighted by molar-refractivity contribution is -0.118. The number of fused-ring (bicyclic) bond motifs is 1. The van der Waals surface area contributed by atoms with Crippen LogP contribution in [-0.4, -0.2) is 23.5 Å². The van der Waals surface area contributed by atoms with E-state index in [1.54, 1.807) is 11.3 Å². The fourth-order valence-electron chi connectivity index (χ4n) is 2.42. The number of nitrogens with zero attached hydrogens (tertiary/aromatic N) is 1. The number of aryl methyl sites for hydroxylation is 1. The number of amides is 1. The molecule has 1 aliphatic rings. The molecule has 1 atom stereocenters. The lowest BCUT2D eigenvalue weighted by atomic mass is 10.0. The summed E-state index contributed by atoms with van der Waals surface area (Å²) < 4.78 is 1.12. The van der Waals surface area contributed by atoms with Crippen LogP contribution in [0.25, 0.3) is 10.2 Å². The first-order valence-electron chi connectivity index (χ1n) is 6.64. The summed E-state index contributed by atoms with van der Waals surface area (Å²) in [7, 11) is 0. The lowest BCUT2D eigenvalue weighted by Crippen LogP contribution is -2.43. The van der Waals surface area contributed by atoms with Crippen LogP contribution in [0.2, 0.25) is 0 Å². The van der Waals surface area contributed by atoms with Gasteiger partial charge in [-0.3, -0.25) is 4.79 Å². The van der Waals surface area contributed by atoms with Gasteiger partial charge in [0.2, 0.25) is 5.91 Å². The van der Waals surface area contributed by atoms with Crippen molar-refractivity contribution in [3.8, 4) is 0 Å². The Bertz CT molecular complexity index is 602. The highest BCUT2D eigenvalue weighted by atomic mass is 32.1. The van der Waals surface area contributed by atoms with Crippen molar-refractivity contribution in [1.82, 2.24) is 10.3 Å². The number of anilines is 1. The van der Waals surface area contributed by atoms with Gasteiger partial charge in [-0.1, -0.05) is 6.42 Å². The molecule has 2 aromatic rings. The maximum Gasteiger partial charge on any atom is 0.241 e. The highest BCUT2D eigenvalue weighted by molar-refractivity contribution is 7.18. The van der Waals surface area contributed by atoms with Crippen LogP contribution in [-0.2, 0) is 4.79 Å². The summed E-state index contributed by atoms with van der Waals surface area (Å²) >= 11 is 1.65. The van der Waals surface area contributed by atoms with E-state index in [2.05, 4.69) is 15.6 Å². The number of hydrogen-bond acceptors (Lipinski definition) is 4. The molecule has 0 bridgehead atoms. The molecule has 19 heavy (non-hydrogen) atoms. The normalized spacial score (nSPS) is 19.5. The van der Waals surface area contributed by atoms with E-state index in [1.165, 1.54) is 0 Å². The smallest absolute Gasteiger partial charge is 0.241 e. The highest BCUT2D eigenvalue weighted by Crippen LogP contribution is 2.25. The van der Waals surface area contributed by atoms with Crippen LogP contribution in [0.15, 0.2) is 18.2 Å². The third-order valence-electron chi connectivity index (χ3n) is 3.39. The van der Waals surface area contributed by atoms with E-state index in [-0.39, 0.29) is 11.9 Å². The van der Waals surface area contributed by atoms with Crippen LogP contribution in [0.1, 0.15) is 24.3 Å². The first kappa shape index (κ1) is 12.6. The van der Waals surface area contributed by atoms with Crippen LogP contribution in [0, 0.1) is 6.92 Å². The van der Waals surface area contributed by atoms with E-state index in [1.807, 2.05) is 25.1 Å². The minimum absolute atomic E-state index is 0.0485. The number of hydrogen-bond donors (Lipinski definition) is 2. The van der Waals surface area contributed by atoms with Gasteiger partial charge in [-0.15, -0.1) is 11.3 Å².